The smallest absolute Gasteiger partial charge is 0.247 e. The molecule has 3 aromatic rings. The summed E-state index contributed by atoms with van der Waals surface area (Å²) in [5, 5.41) is 6.40. The first-order valence-electron chi connectivity index (χ1n) is 8.96. The van der Waals surface area contributed by atoms with Crippen LogP contribution < -0.4 is 10.6 Å². The average Bonchev–Trinajstić information content (AvgIpc) is 3.07. The Labute approximate surface area is 167 Å². The molecule has 0 aliphatic rings. The highest BCUT2D eigenvalue weighted by Gasteiger charge is 2.24. The third-order valence-corrected chi connectivity index (χ3v) is 4.73. The number of H-pyrrole nitrogens is 1. The lowest BCUT2D eigenvalue weighted by Gasteiger charge is -2.20. The molecule has 3 N–H and O–H groups in total. The molecule has 5 nitrogen and oxygen atoms in total. The second-order valence-corrected chi connectivity index (χ2v) is 7.30. The second kappa shape index (κ2) is 8.44. The summed E-state index contributed by atoms with van der Waals surface area (Å²) in [4.78, 5) is 28.3. The zero-order valence-corrected chi connectivity index (χ0v) is 16.3. The van der Waals surface area contributed by atoms with E-state index in [-0.39, 0.29) is 16.8 Å². The van der Waals surface area contributed by atoms with Crippen molar-refractivity contribution in [1.29, 1.82) is 0 Å². The fourth-order valence-electron chi connectivity index (χ4n) is 2.87. The van der Waals surface area contributed by atoms with Gasteiger partial charge in [0.1, 0.15) is 11.9 Å². The van der Waals surface area contributed by atoms with E-state index in [1.54, 1.807) is 13.8 Å². The summed E-state index contributed by atoms with van der Waals surface area (Å²) in [6, 6.07) is 10.9. The van der Waals surface area contributed by atoms with Crippen molar-refractivity contribution in [2.45, 2.75) is 26.3 Å². The molecular weight excluding hydrogens is 381 g/mol. The van der Waals surface area contributed by atoms with Crippen LogP contribution in [-0.2, 0) is 16.0 Å². The van der Waals surface area contributed by atoms with Gasteiger partial charge in [0, 0.05) is 35.1 Å². The SMILES string of the molecule is CC(C)C(=O)NC(Cc1c[nH]c2ccccc12)C(=O)Nc1ccc(F)c(Cl)c1. The van der Waals surface area contributed by atoms with Gasteiger partial charge in [0.25, 0.3) is 0 Å². The lowest BCUT2D eigenvalue weighted by atomic mass is 10.0. The summed E-state index contributed by atoms with van der Waals surface area (Å²) in [5.41, 5.74) is 2.23. The van der Waals surface area contributed by atoms with Gasteiger partial charge in [-0.15, -0.1) is 0 Å². The Morgan fingerprint density at radius 1 is 1.14 bits per heavy atom. The maximum Gasteiger partial charge on any atom is 0.247 e. The van der Waals surface area contributed by atoms with Crippen LogP contribution in [0.5, 0.6) is 0 Å². The fraction of sp³-hybridized carbons (Fsp3) is 0.238. The molecule has 0 aliphatic carbocycles. The third-order valence-electron chi connectivity index (χ3n) is 4.44. The Balaban J connectivity index is 1.84. The van der Waals surface area contributed by atoms with Crippen molar-refractivity contribution < 1.29 is 14.0 Å². The minimum absolute atomic E-state index is 0.0859. The number of fused-ring (bicyclic) bond motifs is 1. The molecule has 3 rings (SSSR count). The molecule has 2 amide bonds. The van der Waals surface area contributed by atoms with Crippen LogP contribution >= 0.6 is 11.6 Å². The molecule has 28 heavy (non-hydrogen) atoms. The topological polar surface area (TPSA) is 74.0 Å². The minimum atomic E-state index is -0.794. The van der Waals surface area contributed by atoms with E-state index in [1.165, 1.54) is 18.2 Å². The van der Waals surface area contributed by atoms with Gasteiger partial charge >= 0.3 is 0 Å². The Hall–Kier alpha value is -2.86. The maximum absolute atomic E-state index is 13.4. The third kappa shape index (κ3) is 4.51. The van der Waals surface area contributed by atoms with Crippen LogP contribution in [0.3, 0.4) is 0 Å². The largest absolute Gasteiger partial charge is 0.361 e. The number of aromatic amines is 1. The molecule has 1 heterocycles. The Morgan fingerprint density at radius 2 is 1.89 bits per heavy atom. The molecule has 7 heteroatoms. The zero-order valence-electron chi connectivity index (χ0n) is 15.6. The second-order valence-electron chi connectivity index (χ2n) is 6.90. The molecule has 146 valence electrons. The van der Waals surface area contributed by atoms with Crippen LogP contribution in [-0.4, -0.2) is 22.8 Å². The predicted octanol–water partition coefficient (Wildman–Crippen LogP) is 4.28. The van der Waals surface area contributed by atoms with Gasteiger partial charge in [-0.3, -0.25) is 9.59 Å². The van der Waals surface area contributed by atoms with E-state index in [1.807, 2.05) is 30.5 Å². The van der Waals surface area contributed by atoms with E-state index in [9.17, 15) is 14.0 Å². The van der Waals surface area contributed by atoms with E-state index in [0.717, 1.165) is 16.5 Å². The van der Waals surface area contributed by atoms with Gasteiger partial charge in [-0.1, -0.05) is 43.6 Å². The first kappa shape index (κ1) is 19.9. The summed E-state index contributed by atoms with van der Waals surface area (Å²) in [5.74, 6) is -1.46. The van der Waals surface area contributed by atoms with Gasteiger partial charge in [-0.25, -0.2) is 4.39 Å². The summed E-state index contributed by atoms with van der Waals surface area (Å²) in [6.45, 7) is 3.52. The summed E-state index contributed by atoms with van der Waals surface area (Å²) >= 11 is 5.78. The van der Waals surface area contributed by atoms with Crippen molar-refractivity contribution in [1.82, 2.24) is 10.3 Å². The standard InChI is InChI=1S/C21H21ClFN3O2/c1-12(2)20(27)26-19(9-13-11-24-18-6-4-3-5-15(13)18)21(28)25-14-7-8-17(23)16(22)10-14/h3-8,10-12,19,24H,9H2,1-2H3,(H,25,28)(H,26,27). The summed E-state index contributed by atoms with van der Waals surface area (Å²) in [6.07, 6.45) is 2.14. The van der Waals surface area contributed by atoms with Crippen molar-refractivity contribution in [3.63, 3.8) is 0 Å². The zero-order chi connectivity index (χ0) is 20.3. The minimum Gasteiger partial charge on any atom is -0.361 e. The molecule has 1 unspecified atom stereocenters. The van der Waals surface area contributed by atoms with Crippen molar-refractivity contribution in [2.24, 2.45) is 5.92 Å². The highest BCUT2D eigenvalue weighted by molar-refractivity contribution is 6.31. The highest BCUT2D eigenvalue weighted by Crippen LogP contribution is 2.21. The van der Waals surface area contributed by atoms with Crippen LogP contribution in [0.25, 0.3) is 10.9 Å². The summed E-state index contributed by atoms with van der Waals surface area (Å²) in [7, 11) is 0. The molecule has 0 fully saturated rings. The van der Waals surface area contributed by atoms with Gasteiger partial charge in [-0.05, 0) is 29.8 Å². The quantitative estimate of drug-likeness (QED) is 0.576. The lowest BCUT2D eigenvalue weighted by molar-refractivity contribution is -0.128. The van der Waals surface area contributed by atoms with Crippen LogP contribution in [0.4, 0.5) is 10.1 Å². The van der Waals surface area contributed by atoms with Crippen molar-refractivity contribution >= 4 is 40.0 Å². The van der Waals surface area contributed by atoms with Gasteiger partial charge in [0.05, 0.1) is 5.02 Å². The number of nitrogens with one attached hydrogen (secondary N) is 3. The van der Waals surface area contributed by atoms with Crippen molar-refractivity contribution in [3.8, 4) is 0 Å². The Kier molecular flexibility index (Phi) is 5.99. The van der Waals surface area contributed by atoms with E-state index in [0.29, 0.717) is 12.1 Å². The van der Waals surface area contributed by atoms with Crippen LogP contribution in [0.1, 0.15) is 19.4 Å². The van der Waals surface area contributed by atoms with Crippen LogP contribution in [0.2, 0.25) is 5.02 Å². The van der Waals surface area contributed by atoms with E-state index < -0.39 is 17.8 Å². The molecule has 0 aliphatic heterocycles. The number of para-hydroxylation sites is 1. The van der Waals surface area contributed by atoms with E-state index in [4.69, 9.17) is 11.6 Å². The molecule has 1 aromatic heterocycles. The van der Waals surface area contributed by atoms with Gasteiger partial charge in [0.2, 0.25) is 11.8 Å². The molecule has 0 bridgehead atoms. The van der Waals surface area contributed by atoms with Crippen molar-refractivity contribution in [2.75, 3.05) is 5.32 Å². The Bertz CT molecular complexity index is 1020. The monoisotopic (exact) mass is 401 g/mol. The maximum atomic E-state index is 13.4. The fourth-order valence-corrected chi connectivity index (χ4v) is 3.05. The molecule has 1 atom stereocenters. The molecule has 0 saturated carbocycles. The average molecular weight is 402 g/mol. The first-order chi connectivity index (χ1) is 13.3. The van der Waals surface area contributed by atoms with Crippen LogP contribution in [0.15, 0.2) is 48.7 Å². The number of carbonyl (C=O) groups is 2. The molecule has 0 spiro atoms. The molecule has 0 radical (unpaired) electrons. The van der Waals surface area contributed by atoms with Crippen LogP contribution in [0, 0.1) is 11.7 Å². The first-order valence-corrected chi connectivity index (χ1v) is 9.34. The summed E-state index contributed by atoms with van der Waals surface area (Å²) < 4.78 is 13.4. The number of anilines is 1. The van der Waals surface area contributed by atoms with E-state index >= 15 is 0 Å². The van der Waals surface area contributed by atoms with Gasteiger partial charge < -0.3 is 15.6 Å². The number of halogens is 2. The number of hydrogen-bond donors (Lipinski definition) is 3. The number of rotatable bonds is 6. The molecule has 2 aromatic carbocycles. The number of hydrogen-bond acceptors (Lipinski definition) is 2. The molecular formula is C21H21ClFN3O2. The number of amides is 2. The molecule has 0 saturated heterocycles. The predicted molar refractivity (Wildman–Crippen MR) is 109 cm³/mol. The van der Waals surface area contributed by atoms with Gasteiger partial charge in [-0.2, -0.15) is 0 Å². The number of benzene rings is 2. The number of carbonyl (C=O) groups excluding carboxylic acids is 2. The highest BCUT2D eigenvalue weighted by atomic mass is 35.5. The van der Waals surface area contributed by atoms with Gasteiger partial charge in [0.15, 0.2) is 0 Å². The lowest BCUT2D eigenvalue weighted by Crippen LogP contribution is -2.46. The van der Waals surface area contributed by atoms with Crippen molar-refractivity contribution in [3.05, 3.63) is 65.1 Å². The number of aromatic nitrogens is 1. The van der Waals surface area contributed by atoms with E-state index in [2.05, 4.69) is 15.6 Å². The normalized spacial score (nSPS) is 12.2. The Morgan fingerprint density at radius 3 is 2.61 bits per heavy atom.